The second-order valence-corrected chi connectivity index (χ2v) is 5.19. The Balaban J connectivity index is 3.74. The van der Waals surface area contributed by atoms with Gasteiger partial charge >= 0.3 is 5.97 Å². The Morgan fingerprint density at radius 3 is 2.17 bits per heavy atom. The predicted octanol–water partition coefficient (Wildman–Crippen LogP) is 3.69. The summed E-state index contributed by atoms with van der Waals surface area (Å²) in [5, 5.41) is 9.37. The van der Waals surface area contributed by atoms with Crippen molar-refractivity contribution in [2.24, 2.45) is 5.41 Å². The van der Waals surface area contributed by atoms with Crippen LogP contribution >= 0.6 is 0 Å². The molecule has 0 spiro atoms. The molecule has 0 aromatic rings. The predicted molar refractivity (Wildman–Crippen MR) is 74.4 cm³/mol. The van der Waals surface area contributed by atoms with E-state index in [9.17, 15) is 9.90 Å². The van der Waals surface area contributed by atoms with E-state index in [0.29, 0.717) is 13.0 Å². The van der Waals surface area contributed by atoms with Gasteiger partial charge in [-0.15, -0.1) is 0 Å². The summed E-state index contributed by atoms with van der Waals surface area (Å²) < 4.78 is 5.29. The van der Waals surface area contributed by atoms with Crippen LogP contribution in [0, 0.1) is 5.41 Å². The zero-order valence-electron chi connectivity index (χ0n) is 12.3. The Kier molecular flexibility index (Phi) is 10.0. The van der Waals surface area contributed by atoms with Crippen LogP contribution in [0.15, 0.2) is 0 Å². The molecule has 108 valence electrons. The average molecular weight is 258 g/mol. The highest BCUT2D eigenvalue weighted by atomic mass is 16.5. The normalized spacial score (nSPS) is 11.6. The first-order valence-electron chi connectivity index (χ1n) is 7.40. The van der Waals surface area contributed by atoms with Gasteiger partial charge in [0.05, 0.1) is 13.2 Å². The van der Waals surface area contributed by atoms with E-state index in [1.807, 2.05) is 13.8 Å². The molecule has 0 aromatic carbocycles. The molecule has 3 heteroatoms. The van der Waals surface area contributed by atoms with Crippen LogP contribution in [0.5, 0.6) is 0 Å². The minimum absolute atomic E-state index is 0.0871. The monoisotopic (exact) mass is 258 g/mol. The molecule has 0 fully saturated rings. The summed E-state index contributed by atoms with van der Waals surface area (Å²) in [6.45, 7) is 6.67. The van der Waals surface area contributed by atoms with E-state index in [0.717, 1.165) is 25.7 Å². The number of unbranched alkanes of at least 4 members (excludes halogenated alkanes) is 4. The lowest BCUT2D eigenvalue weighted by atomic mass is 9.84. The molecule has 0 atom stereocenters. The summed E-state index contributed by atoms with van der Waals surface area (Å²) in [7, 11) is 0. The Hall–Kier alpha value is -0.570. The minimum Gasteiger partial charge on any atom is -0.465 e. The number of hydrogen-bond acceptors (Lipinski definition) is 3. The van der Waals surface area contributed by atoms with Crippen molar-refractivity contribution in [3.63, 3.8) is 0 Å². The summed E-state index contributed by atoms with van der Waals surface area (Å²) in [6.07, 6.45) is 7.88. The maximum absolute atomic E-state index is 11.6. The van der Waals surface area contributed by atoms with E-state index in [-0.39, 0.29) is 18.0 Å². The fourth-order valence-corrected chi connectivity index (χ4v) is 1.90. The Bertz CT molecular complexity index is 202. The number of ether oxygens (including phenoxy) is 1. The van der Waals surface area contributed by atoms with Gasteiger partial charge in [-0.1, -0.05) is 46.5 Å². The summed E-state index contributed by atoms with van der Waals surface area (Å²) >= 11 is 0. The van der Waals surface area contributed by atoms with Gasteiger partial charge in [0.2, 0.25) is 0 Å². The standard InChI is InChI=1S/C15H30O3/c1-4-7-8-9-10-11-14(17)18-13-15(5-2,6-3)12-16/h16H,4-13H2,1-3H3. The second kappa shape index (κ2) is 10.4. The summed E-state index contributed by atoms with van der Waals surface area (Å²) in [5.41, 5.74) is -0.238. The molecule has 0 bridgehead atoms. The average Bonchev–Trinajstić information content (AvgIpc) is 2.41. The number of rotatable bonds is 11. The first kappa shape index (κ1) is 17.4. The van der Waals surface area contributed by atoms with Crippen LogP contribution in [-0.4, -0.2) is 24.3 Å². The van der Waals surface area contributed by atoms with Crippen molar-refractivity contribution in [2.75, 3.05) is 13.2 Å². The SMILES string of the molecule is CCCCCCCC(=O)OCC(CC)(CC)CO. The molecular weight excluding hydrogens is 228 g/mol. The van der Waals surface area contributed by atoms with Gasteiger partial charge in [0.1, 0.15) is 0 Å². The van der Waals surface area contributed by atoms with E-state index in [2.05, 4.69) is 6.92 Å². The molecule has 0 unspecified atom stereocenters. The summed E-state index contributed by atoms with van der Waals surface area (Å²) in [5.74, 6) is -0.119. The van der Waals surface area contributed by atoms with Crippen molar-refractivity contribution in [3.8, 4) is 0 Å². The molecular formula is C15H30O3. The van der Waals surface area contributed by atoms with Crippen molar-refractivity contribution < 1.29 is 14.6 Å². The maximum Gasteiger partial charge on any atom is 0.305 e. The van der Waals surface area contributed by atoms with Crippen molar-refractivity contribution in [3.05, 3.63) is 0 Å². The highest BCUT2D eigenvalue weighted by Crippen LogP contribution is 2.26. The Morgan fingerprint density at radius 2 is 1.67 bits per heavy atom. The van der Waals surface area contributed by atoms with Crippen LogP contribution in [-0.2, 0) is 9.53 Å². The molecule has 1 N–H and O–H groups in total. The number of hydrogen-bond donors (Lipinski definition) is 1. The number of aliphatic hydroxyl groups is 1. The van der Waals surface area contributed by atoms with Gasteiger partial charge in [0, 0.05) is 11.8 Å². The van der Waals surface area contributed by atoms with Crippen LogP contribution in [0.3, 0.4) is 0 Å². The highest BCUT2D eigenvalue weighted by Gasteiger charge is 2.27. The largest absolute Gasteiger partial charge is 0.465 e. The lowest BCUT2D eigenvalue weighted by Crippen LogP contribution is -2.31. The third-order valence-electron chi connectivity index (χ3n) is 3.86. The first-order valence-corrected chi connectivity index (χ1v) is 7.40. The van der Waals surface area contributed by atoms with Crippen LogP contribution in [0.25, 0.3) is 0 Å². The van der Waals surface area contributed by atoms with Crippen molar-refractivity contribution in [2.45, 2.75) is 72.1 Å². The van der Waals surface area contributed by atoms with E-state index in [4.69, 9.17) is 4.74 Å². The third kappa shape index (κ3) is 7.00. The highest BCUT2D eigenvalue weighted by molar-refractivity contribution is 5.69. The quantitative estimate of drug-likeness (QED) is 0.454. The van der Waals surface area contributed by atoms with Gasteiger partial charge < -0.3 is 9.84 Å². The van der Waals surface area contributed by atoms with E-state index in [1.54, 1.807) is 0 Å². The van der Waals surface area contributed by atoms with Crippen molar-refractivity contribution >= 4 is 5.97 Å². The molecule has 18 heavy (non-hydrogen) atoms. The Morgan fingerprint density at radius 1 is 1.06 bits per heavy atom. The van der Waals surface area contributed by atoms with Gasteiger partial charge in [0.15, 0.2) is 0 Å². The van der Waals surface area contributed by atoms with Gasteiger partial charge in [-0.3, -0.25) is 4.79 Å². The van der Waals surface area contributed by atoms with Gasteiger partial charge in [-0.05, 0) is 19.3 Å². The lowest BCUT2D eigenvalue weighted by Gasteiger charge is -2.28. The molecule has 0 aliphatic heterocycles. The van der Waals surface area contributed by atoms with Crippen molar-refractivity contribution in [1.82, 2.24) is 0 Å². The van der Waals surface area contributed by atoms with E-state index in [1.165, 1.54) is 19.3 Å². The molecule has 3 nitrogen and oxygen atoms in total. The van der Waals surface area contributed by atoms with Gasteiger partial charge in [-0.25, -0.2) is 0 Å². The molecule has 0 saturated heterocycles. The van der Waals surface area contributed by atoms with Gasteiger partial charge in [-0.2, -0.15) is 0 Å². The molecule has 0 saturated carbocycles. The first-order chi connectivity index (χ1) is 8.64. The number of carbonyl (C=O) groups excluding carboxylic acids is 1. The number of aliphatic hydroxyl groups excluding tert-OH is 1. The van der Waals surface area contributed by atoms with E-state index < -0.39 is 0 Å². The molecule has 0 heterocycles. The number of esters is 1. The fourth-order valence-electron chi connectivity index (χ4n) is 1.90. The minimum atomic E-state index is -0.238. The van der Waals surface area contributed by atoms with E-state index >= 15 is 0 Å². The maximum atomic E-state index is 11.6. The zero-order chi connectivity index (χ0) is 13.9. The fraction of sp³-hybridized carbons (Fsp3) is 0.933. The zero-order valence-corrected chi connectivity index (χ0v) is 12.3. The lowest BCUT2D eigenvalue weighted by molar-refractivity contribution is -0.148. The second-order valence-electron chi connectivity index (χ2n) is 5.19. The molecule has 0 rings (SSSR count). The summed E-state index contributed by atoms with van der Waals surface area (Å²) in [6, 6.07) is 0. The van der Waals surface area contributed by atoms with Crippen LogP contribution in [0.2, 0.25) is 0 Å². The van der Waals surface area contributed by atoms with Crippen LogP contribution < -0.4 is 0 Å². The van der Waals surface area contributed by atoms with Crippen LogP contribution in [0.4, 0.5) is 0 Å². The smallest absolute Gasteiger partial charge is 0.305 e. The Labute approximate surface area is 112 Å². The molecule has 0 radical (unpaired) electrons. The number of carbonyl (C=O) groups is 1. The van der Waals surface area contributed by atoms with Crippen LogP contribution in [0.1, 0.15) is 72.1 Å². The molecule has 0 aliphatic carbocycles. The molecule has 0 aromatic heterocycles. The molecule has 0 amide bonds. The third-order valence-corrected chi connectivity index (χ3v) is 3.86. The topological polar surface area (TPSA) is 46.5 Å². The summed E-state index contributed by atoms with van der Waals surface area (Å²) in [4.78, 5) is 11.6. The van der Waals surface area contributed by atoms with Crippen molar-refractivity contribution in [1.29, 1.82) is 0 Å². The van der Waals surface area contributed by atoms with Gasteiger partial charge in [0.25, 0.3) is 0 Å². The molecule has 0 aliphatic rings.